The third kappa shape index (κ3) is 3.63. The molecule has 1 unspecified atom stereocenters. The number of aliphatic hydroxyl groups is 1. The zero-order valence-corrected chi connectivity index (χ0v) is 10.5. The Labute approximate surface area is 103 Å². The van der Waals surface area contributed by atoms with Crippen molar-refractivity contribution < 1.29 is 5.11 Å². The zero-order valence-electron chi connectivity index (χ0n) is 10.5. The first-order valence-electron chi connectivity index (χ1n) is 6.52. The maximum atomic E-state index is 9.17. The van der Waals surface area contributed by atoms with Crippen molar-refractivity contribution in [3.8, 4) is 0 Å². The van der Waals surface area contributed by atoms with Gasteiger partial charge in [-0.15, -0.1) is 0 Å². The van der Waals surface area contributed by atoms with E-state index in [0.717, 1.165) is 18.7 Å². The van der Waals surface area contributed by atoms with Crippen LogP contribution in [0.5, 0.6) is 0 Å². The van der Waals surface area contributed by atoms with E-state index in [1.54, 1.807) is 0 Å². The lowest BCUT2D eigenvalue weighted by atomic mass is 10.2. The highest BCUT2D eigenvalue weighted by Gasteiger charge is 2.11. The fourth-order valence-electron chi connectivity index (χ4n) is 2.19. The Balaban J connectivity index is 1.84. The number of benzene rings is 1. The Bertz CT molecular complexity index is 329. The molecule has 94 valence electrons. The third-order valence-electron chi connectivity index (χ3n) is 3.23. The van der Waals surface area contributed by atoms with Gasteiger partial charge >= 0.3 is 0 Å². The Morgan fingerprint density at radius 2 is 1.88 bits per heavy atom. The lowest BCUT2D eigenvalue weighted by Gasteiger charge is -2.18. The van der Waals surface area contributed by atoms with Crippen LogP contribution >= 0.6 is 0 Å². The second-order valence-electron chi connectivity index (χ2n) is 4.81. The zero-order chi connectivity index (χ0) is 12.1. The summed E-state index contributed by atoms with van der Waals surface area (Å²) in [5.74, 6) is 0. The molecule has 0 amide bonds. The molecule has 1 aromatic rings. The van der Waals surface area contributed by atoms with E-state index in [-0.39, 0.29) is 6.10 Å². The molecule has 1 atom stereocenters. The molecule has 3 nitrogen and oxygen atoms in total. The number of hydrogen-bond acceptors (Lipinski definition) is 3. The van der Waals surface area contributed by atoms with E-state index in [1.807, 2.05) is 6.92 Å². The van der Waals surface area contributed by atoms with Crippen LogP contribution in [0.2, 0.25) is 0 Å². The van der Waals surface area contributed by atoms with E-state index >= 15 is 0 Å². The van der Waals surface area contributed by atoms with Gasteiger partial charge in [-0.05, 0) is 50.5 Å². The second-order valence-corrected chi connectivity index (χ2v) is 4.81. The van der Waals surface area contributed by atoms with Crippen LogP contribution in [0.3, 0.4) is 0 Å². The fraction of sp³-hybridized carbons (Fsp3) is 0.571. The number of rotatable bonds is 5. The molecular weight excluding hydrogens is 212 g/mol. The molecule has 1 aromatic carbocycles. The first-order chi connectivity index (χ1) is 8.25. The quantitative estimate of drug-likeness (QED) is 0.821. The molecule has 1 aliphatic heterocycles. The van der Waals surface area contributed by atoms with Crippen molar-refractivity contribution in [1.29, 1.82) is 0 Å². The fourth-order valence-corrected chi connectivity index (χ4v) is 2.19. The van der Waals surface area contributed by atoms with Crippen LogP contribution in [-0.2, 0) is 0 Å². The third-order valence-corrected chi connectivity index (χ3v) is 3.23. The van der Waals surface area contributed by atoms with Crippen molar-refractivity contribution in [2.75, 3.05) is 29.9 Å². The Morgan fingerprint density at radius 1 is 1.24 bits per heavy atom. The highest BCUT2D eigenvalue weighted by molar-refractivity contribution is 5.55. The first kappa shape index (κ1) is 12.2. The lowest BCUT2D eigenvalue weighted by Crippen LogP contribution is -2.17. The van der Waals surface area contributed by atoms with Gasteiger partial charge in [-0.1, -0.05) is 0 Å². The molecule has 0 aliphatic carbocycles. The van der Waals surface area contributed by atoms with Gasteiger partial charge in [0.25, 0.3) is 0 Å². The standard InChI is InChI=1S/C14H22N2O/c1-12(17)8-9-15-13-4-6-14(7-5-13)16-10-2-3-11-16/h4-7,12,15,17H,2-3,8-11H2,1H3. The predicted molar refractivity (Wildman–Crippen MR) is 72.7 cm³/mol. The summed E-state index contributed by atoms with van der Waals surface area (Å²) in [4.78, 5) is 2.43. The molecule has 0 bridgehead atoms. The molecule has 2 N–H and O–H groups in total. The van der Waals surface area contributed by atoms with E-state index in [1.165, 1.54) is 31.6 Å². The van der Waals surface area contributed by atoms with Gasteiger partial charge in [-0.2, -0.15) is 0 Å². The Kier molecular flexibility index (Phi) is 4.26. The van der Waals surface area contributed by atoms with Crippen molar-refractivity contribution >= 4 is 11.4 Å². The summed E-state index contributed by atoms with van der Waals surface area (Å²) in [6.07, 6.45) is 3.18. The summed E-state index contributed by atoms with van der Waals surface area (Å²) < 4.78 is 0. The molecule has 1 fully saturated rings. The van der Waals surface area contributed by atoms with Crippen LogP contribution in [0.4, 0.5) is 11.4 Å². The molecule has 0 aromatic heterocycles. The van der Waals surface area contributed by atoms with Crippen LogP contribution in [0.15, 0.2) is 24.3 Å². The van der Waals surface area contributed by atoms with Crippen LogP contribution in [0, 0.1) is 0 Å². The number of nitrogens with one attached hydrogen (secondary N) is 1. The summed E-state index contributed by atoms with van der Waals surface area (Å²) in [7, 11) is 0. The Hall–Kier alpha value is -1.22. The van der Waals surface area contributed by atoms with Gasteiger partial charge in [0.2, 0.25) is 0 Å². The average Bonchev–Trinajstić information content (AvgIpc) is 2.83. The smallest absolute Gasteiger partial charge is 0.0528 e. The molecule has 0 saturated carbocycles. The SMILES string of the molecule is CC(O)CCNc1ccc(N2CCCC2)cc1. The summed E-state index contributed by atoms with van der Waals surface area (Å²) in [6, 6.07) is 8.59. The van der Waals surface area contributed by atoms with E-state index < -0.39 is 0 Å². The highest BCUT2D eigenvalue weighted by atomic mass is 16.3. The maximum absolute atomic E-state index is 9.17. The van der Waals surface area contributed by atoms with Gasteiger partial charge in [-0.3, -0.25) is 0 Å². The van der Waals surface area contributed by atoms with Crippen molar-refractivity contribution in [1.82, 2.24) is 0 Å². The lowest BCUT2D eigenvalue weighted by molar-refractivity contribution is 0.189. The van der Waals surface area contributed by atoms with Gasteiger partial charge in [-0.25, -0.2) is 0 Å². The molecule has 0 radical (unpaired) electrons. The minimum atomic E-state index is -0.230. The predicted octanol–water partition coefficient (Wildman–Crippen LogP) is 2.47. The largest absolute Gasteiger partial charge is 0.393 e. The monoisotopic (exact) mass is 234 g/mol. The number of aliphatic hydroxyl groups excluding tert-OH is 1. The molecule has 1 saturated heterocycles. The van der Waals surface area contributed by atoms with Crippen LogP contribution < -0.4 is 10.2 Å². The minimum Gasteiger partial charge on any atom is -0.393 e. The molecule has 2 rings (SSSR count). The molecule has 17 heavy (non-hydrogen) atoms. The molecule has 1 heterocycles. The Morgan fingerprint density at radius 3 is 2.47 bits per heavy atom. The topological polar surface area (TPSA) is 35.5 Å². The molecular formula is C14H22N2O. The average molecular weight is 234 g/mol. The van der Waals surface area contributed by atoms with Crippen molar-refractivity contribution in [3.05, 3.63) is 24.3 Å². The van der Waals surface area contributed by atoms with E-state index in [9.17, 15) is 5.11 Å². The van der Waals surface area contributed by atoms with Gasteiger partial charge in [0.1, 0.15) is 0 Å². The van der Waals surface area contributed by atoms with E-state index in [4.69, 9.17) is 0 Å². The summed E-state index contributed by atoms with van der Waals surface area (Å²) in [5.41, 5.74) is 2.46. The van der Waals surface area contributed by atoms with Crippen LogP contribution in [-0.4, -0.2) is 30.8 Å². The maximum Gasteiger partial charge on any atom is 0.0528 e. The van der Waals surface area contributed by atoms with Crippen LogP contribution in [0.25, 0.3) is 0 Å². The summed E-state index contributed by atoms with van der Waals surface area (Å²) in [5, 5.41) is 12.5. The van der Waals surface area contributed by atoms with Gasteiger partial charge in [0.05, 0.1) is 6.10 Å². The molecule has 0 spiro atoms. The van der Waals surface area contributed by atoms with E-state index in [0.29, 0.717) is 0 Å². The molecule has 1 aliphatic rings. The first-order valence-corrected chi connectivity index (χ1v) is 6.52. The minimum absolute atomic E-state index is 0.230. The molecule has 3 heteroatoms. The van der Waals surface area contributed by atoms with Crippen LogP contribution in [0.1, 0.15) is 26.2 Å². The van der Waals surface area contributed by atoms with Gasteiger partial charge in [0.15, 0.2) is 0 Å². The van der Waals surface area contributed by atoms with Gasteiger partial charge in [0, 0.05) is 31.0 Å². The second kappa shape index (κ2) is 5.92. The number of anilines is 2. The van der Waals surface area contributed by atoms with Crippen molar-refractivity contribution in [2.24, 2.45) is 0 Å². The van der Waals surface area contributed by atoms with E-state index in [2.05, 4.69) is 34.5 Å². The number of nitrogens with zero attached hydrogens (tertiary/aromatic N) is 1. The summed E-state index contributed by atoms with van der Waals surface area (Å²) in [6.45, 7) is 5.02. The normalized spacial score (nSPS) is 17.2. The summed E-state index contributed by atoms with van der Waals surface area (Å²) >= 11 is 0. The van der Waals surface area contributed by atoms with Crippen molar-refractivity contribution in [3.63, 3.8) is 0 Å². The van der Waals surface area contributed by atoms with Gasteiger partial charge < -0.3 is 15.3 Å². The highest BCUT2D eigenvalue weighted by Crippen LogP contribution is 2.21. The number of hydrogen-bond donors (Lipinski definition) is 2. The van der Waals surface area contributed by atoms with Crippen molar-refractivity contribution in [2.45, 2.75) is 32.3 Å².